The summed E-state index contributed by atoms with van der Waals surface area (Å²) < 4.78 is 11.9. The van der Waals surface area contributed by atoms with E-state index in [-0.39, 0.29) is 16.0 Å². The molecule has 0 saturated heterocycles. The molecule has 6 nitrogen and oxygen atoms in total. The van der Waals surface area contributed by atoms with E-state index in [1.165, 1.54) is 11.6 Å². The second kappa shape index (κ2) is 6.85. The molecule has 3 aromatic carbocycles. The summed E-state index contributed by atoms with van der Waals surface area (Å²) in [5, 5.41) is 11.2. The van der Waals surface area contributed by atoms with Crippen LogP contribution in [0.2, 0.25) is 0 Å². The van der Waals surface area contributed by atoms with Crippen LogP contribution < -0.4 is 14.4 Å². The average molecular weight is 428 g/mol. The zero-order valence-electron chi connectivity index (χ0n) is 18.5. The lowest BCUT2D eigenvalue weighted by Crippen LogP contribution is -2.58. The molecule has 0 radical (unpaired) electrons. The number of likely N-dealkylation sites (N-methyl/N-ethyl adjacent to an activating group) is 1. The van der Waals surface area contributed by atoms with Gasteiger partial charge >= 0.3 is 0 Å². The summed E-state index contributed by atoms with van der Waals surface area (Å²) in [4.78, 5) is 12.9. The fourth-order valence-electron chi connectivity index (χ4n) is 4.88. The first-order valence-corrected chi connectivity index (χ1v) is 10.5. The zero-order chi connectivity index (χ0) is 22.7. The molecule has 0 aliphatic carbocycles. The van der Waals surface area contributed by atoms with Crippen molar-refractivity contribution in [3.8, 4) is 22.6 Å². The Labute approximate surface area is 186 Å². The number of rotatable bonds is 3. The van der Waals surface area contributed by atoms with Crippen LogP contribution >= 0.6 is 0 Å². The number of benzene rings is 3. The summed E-state index contributed by atoms with van der Waals surface area (Å²) in [7, 11) is 3.69. The molecule has 0 N–H and O–H groups in total. The van der Waals surface area contributed by atoms with Crippen LogP contribution in [0.5, 0.6) is 11.5 Å². The minimum Gasteiger partial charge on any atom is -0.497 e. The number of non-ortho nitro benzene ring substituents is 1. The lowest BCUT2D eigenvalue weighted by atomic mass is 9.76. The third-order valence-corrected chi connectivity index (χ3v) is 6.81. The fraction of sp³-hybridized carbons (Fsp3) is 0.231. The molecule has 162 valence electrons. The van der Waals surface area contributed by atoms with Crippen LogP contribution in [0.25, 0.3) is 17.2 Å². The number of hydrogen-bond donors (Lipinski definition) is 0. The van der Waals surface area contributed by atoms with E-state index in [1.807, 2.05) is 31.3 Å². The van der Waals surface area contributed by atoms with Gasteiger partial charge in [0.05, 0.1) is 17.4 Å². The Hall–Kier alpha value is -3.80. The standard InChI is InChI=1S/C26H24N2O4/c1-25(2)22-16-18(17-5-9-21(31-4)10-6-17)7-11-23(22)27(3)26(25)14-13-19-15-20(28(29)30)8-12-24(19)32-26/h5-16H,1-4H3/t26-/m1/s1. The monoisotopic (exact) mass is 428 g/mol. The van der Waals surface area contributed by atoms with Gasteiger partial charge in [-0.25, -0.2) is 0 Å². The quantitative estimate of drug-likeness (QED) is 0.390. The summed E-state index contributed by atoms with van der Waals surface area (Å²) >= 11 is 0. The van der Waals surface area contributed by atoms with E-state index in [0.29, 0.717) is 11.3 Å². The first-order chi connectivity index (χ1) is 15.3. The highest BCUT2D eigenvalue weighted by Crippen LogP contribution is 2.55. The summed E-state index contributed by atoms with van der Waals surface area (Å²) in [6.07, 6.45) is 3.95. The van der Waals surface area contributed by atoms with Crippen LogP contribution in [-0.2, 0) is 5.41 Å². The Morgan fingerprint density at radius 3 is 2.41 bits per heavy atom. The third kappa shape index (κ3) is 2.72. The molecule has 32 heavy (non-hydrogen) atoms. The summed E-state index contributed by atoms with van der Waals surface area (Å²) in [6.45, 7) is 4.35. The Balaban J connectivity index is 1.57. The van der Waals surface area contributed by atoms with E-state index in [1.54, 1.807) is 19.2 Å². The molecule has 0 amide bonds. The van der Waals surface area contributed by atoms with Gasteiger partial charge in [0.15, 0.2) is 0 Å². The largest absolute Gasteiger partial charge is 0.497 e. The smallest absolute Gasteiger partial charge is 0.270 e. The lowest BCUT2D eigenvalue weighted by Gasteiger charge is -2.45. The van der Waals surface area contributed by atoms with Gasteiger partial charge < -0.3 is 14.4 Å². The molecule has 1 spiro atoms. The van der Waals surface area contributed by atoms with Gasteiger partial charge in [-0.15, -0.1) is 0 Å². The SMILES string of the molecule is COc1ccc(-c2ccc3c(c2)C(C)(C)[C@]2(C=Cc4cc([N+](=O)[O-])ccc4O2)N3C)cc1. The molecule has 0 unspecified atom stereocenters. The summed E-state index contributed by atoms with van der Waals surface area (Å²) in [6, 6.07) is 19.3. The van der Waals surface area contributed by atoms with Crippen LogP contribution in [0, 0.1) is 10.1 Å². The number of methoxy groups -OCH3 is 1. The van der Waals surface area contributed by atoms with Crippen LogP contribution in [0.4, 0.5) is 11.4 Å². The minimum atomic E-state index is -0.739. The van der Waals surface area contributed by atoms with Crippen molar-refractivity contribution in [1.82, 2.24) is 0 Å². The van der Waals surface area contributed by atoms with Gasteiger partial charge in [-0.2, -0.15) is 0 Å². The van der Waals surface area contributed by atoms with Crippen molar-refractivity contribution in [2.24, 2.45) is 0 Å². The van der Waals surface area contributed by atoms with E-state index in [0.717, 1.165) is 22.6 Å². The molecule has 3 aromatic rings. The predicted octanol–water partition coefficient (Wildman–Crippen LogP) is 5.80. The van der Waals surface area contributed by atoms with Crippen LogP contribution in [0.3, 0.4) is 0 Å². The third-order valence-electron chi connectivity index (χ3n) is 6.81. The Bertz CT molecular complexity index is 1260. The summed E-state index contributed by atoms with van der Waals surface area (Å²) in [5.41, 5.74) is 4.17. The van der Waals surface area contributed by atoms with Gasteiger partial charge in [0.25, 0.3) is 5.69 Å². The number of ether oxygens (including phenoxy) is 2. The summed E-state index contributed by atoms with van der Waals surface area (Å²) in [5.74, 6) is 1.47. The van der Waals surface area contributed by atoms with E-state index >= 15 is 0 Å². The van der Waals surface area contributed by atoms with Gasteiger partial charge in [-0.3, -0.25) is 10.1 Å². The molecule has 6 heteroatoms. The Morgan fingerprint density at radius 1 is 1.00 bits per heavy atom. The maximum Gasteiger partial charge on any atom is 0.270 e. The molecule has 2 heterocycles. The van der Waals surface area contributed by atoms with Gasteiger partial charge in [0.1, 0.15) is 11.5 Å². The first-order valence-electron chi connectivity index (χ1n) is 10.5. The minimum absolute atomic E-state index is 0.0550. The highest BCUT2D eigenvalue weighted by molar-refractivity contribution is 5.77. The van der Waals surface area contributed by atoms with Crippen molar-refractivity contribution in [2.45, 2.75) is 25.0 Å². The lowest BCUT2D eigenvalue weighted by molar-refractivity contribution is -0.384. The Kier molecular flexibility index (Phi) is 4.31. The second-order valence-corrected chi connectivity index (χ2v) is 8.76. The second-order valence-electron chi connectivity index (χ2n) is 8.76. The number of hydrogen-bond acceptors (Lipinski definition) is 5. The molecule has 5 rings (SSSR count). The number of nitrogens with zero attached hydrogens (tertiary/aromatic N) is 2. The first kappa shape index (κ1) is 20.1. The molecule has 0 saturated carbocycles. The maximum absolute atomic E-state index is 11.2. The van der Waals surface area contributed by atoms with Crippen molar-refractivity contribution >= 4 is 17.5 Å². The van der Waals surface area contributed by atoms with E-state index < -0.39 is 5.72 Å². The highest BCUT2D eigenvalue weighted by atomic mass is 16.6. The molecule has 0 fully saturated rings. The number of fused-ring (bicyclic) bond motifs is 2. The Morgan fingerprint density at radius 2 is 1.72 bits per heavy atom. The number of nitro groups is 1. The van der Waals surface area contributed by atoms with Crippen molar-refractivity contribution < 1.29 is 14.4 Å². The van der Waals surface area contributed by atoms with E-state index in [2.05, 4.69) is 49.1 Å². The molecule has 2 aliphatic rings. The molecular weight excluding hydrogens is 404 g/mol. The normalized spacial score (nSPS) is 19.9. The van der Waals surface area contributed by atoms with E-state index in [9.17, 15) is 10.1 Å². The van der Waals surface area contributed by atoms with Crippen LogP contribution in [-0.4, -0.2) is 24.8 Å². The van der Waals surface area contributed by atoms with Crippen molar-refractivity contribution in [1.29, 1.82) is 0 Å². The maximum atomic E-state index is 11.2. The highest BCUT2D eigenvalue weighted by Gasteiger charge is 2.57. The van der Waals surface area contributed by atoms with Crippen molar-refractivity contribution in [3.05, 3.63) is 88.0 Å². The molecular formula is C26H24N2O4. The number of nitro benzene ring substituents is 1. The number of anilines is 1. The fourth-order valence-corrected chi connectivity index (χ4v) is 4.88. The topological polar surface area (TPSA) is 64.8 Å². The van der Waals surface area contributed by atoms with Gasteiger partial charge in [0.2, 0.25) is 5.72 Å². The van der Waals surface area contributed by atoms with Gasteiger partial charge in [-0.1, -0.05) is 18.2 Å². The predicted molar refractivity (Wildman–Crippen MR) is 125 cm³/mol. The molecule has 2 aliphatic heterocycles. The van der Waals surface area contributed by atoms with Crippen LogP contribution in [0.15, 0.2) is 66.7 Å². The molecule has 0 bridgehead atoms. The van der Waals surface area contributed by atoms with Crippen molar-refractivity contribution in [2.75, 3.05) is 19.1 Å². The molecule has 1 atom stereocenters. The molecule has 0 aromatic heterocycles. The van der Waals surface area contributed by atoms with Gasteiger partial charge in [-0.05, 0) is 73.0 Å². The zero-order valence-corrected chi connectivity index (χ0v) is 18.5. The van der Waals surface area contributed by atoms with E-state index in [4.69, 9.17) is 9.47 Å². The van der Waals surface area contributed by atoms with Crippen LogP contribution in [0.1, 0.15) is 25.0 Å². The van der Waals surface area contributed by atoms with Crippen molar-refractivity contribution in [3.63, 3.8) is 0 Å². The average Bonchev–Trinajstić information content (AvgIpc) is 2.96. The van der Waals surface area contributed by atoms with Gasteiger partial charge in [0, 0.05) is 30.4 Å².